The molecule has 2 aliphatic heterocycles. The zero-order valence-electron chi connectivity index (χ0n) is 15.7. The molecule has 2 N–H and O–H groups in total. The van der Waals surface area contributed by atoms with Crippen LogP contribution in [-0.2, 0) is 11.8 Å². The molecular weight excluding hydrogens is 350 g/mol. The Bertz CT molecular complexity index is 794. The van der Waals surface area contributed by atoms with Gasteiger partial charge in [0.15, 0.2) is 0 Å². The van der Waals surface area contributed by atoms with E-state index in [0.29, 0.717) is 25.9 Å². The van der Waals surface area contributed by atoms with E-state index in [1.165, 1.54) is 7.05 Å². The smallest absolute Gasteiger partial charge is 0.343 e. The van der Waals surface area contributed by atoms with Crippen molar-refractivity contribution in [3.63, 3.8) is 0 Å². The van der Waals surface area contributed by atoms with Gasteiger partial charge in [-0.15, -0.1) is 5.10 Å². The average Bonchev–Trinajstić information content (AvgIpc) is 3.22. The summed E-state index contributed by atoms with van der Waals surface area (Å²) in [6, 6.07) is 0.144. The first-order valence-corrected chi connectivity index (χ1v) is 9.87. The van der Waals surface area contributed by atoms with Crippen LogP contribution in [0.15, 0.2) is 4.79 Å². The van der Waals surface area contributed by atoms with Crippen molar-refractivity contribution in [2.75, 3.05) is 13.1 Å². The molecule has 3 heterocycles. The van der Waals surface area contributed by atoms with E-state index in [1.807, 2.05) is 4.90 Å². The van der Waals surface area contributed by atoms with E-state index in [2.05, 4.69) is 10.1 Å². The number of likely N-dealkylation sites (tertiary alicyclic amines) is 2. The Morgan fingerprint density at radius 3 is 2.44 bits per heavy atom. The van der Waals surface area contributed by atoms with Crippen molar-refractivity contribution in [3.05, 3.63) is 16.3 Å². The second-order valence-corrected chi connectivity index (χ2v) is 8.06. The Kier molecular flexibility index (Phi) is 4.57. The zero-order chi connectivity index (χ0) is 19.2. The molecule has 0 bridgehead atoms. The number of aliphatic hydroxyl groups excluding tert-OH is 1. The Hall–Kier alpha value is -2.16. The van der Waals surface area contributed by atoms with Crippen molar-refractivity contribution in [1.29, 1.82) is 0 Å². The van der Waals surface area contributed by atoms with Crippen LogP contribution in [-0.4, -0.2) is 72.3 Å². The van der Waals surface area contributed by atoms with Gasteiger partial charge in [0, 0.05) is 26.2 Å². The number of aliphatic hydroxyl groups is 1. The van der Waals surface area contributed by atoms with Crippen molar-refractivity contribution in [2.45, 2.75) is 69.1 Å². The maximum absolute atomic E-state index is 13.5. The number of aromatic nitrogens is 3. The molecule has 1 spiro atoms. The van der Waals surface area contributed by atoms with E-state index >= 15 is 0 Å². The lowest BCUT2D eigenvalue weighted by Gasteiger charge is -2.47. The number of piperidine rings is 1. The Morgan fingerprint density at radius 2 is 1.81 bits per heavy atom. The summed E-state index contributed by atoms with van der Waals surface area (Å²) in [7, 11) is 1.49. The predicted molar refractivity (Wildman–Crippen MR) is 96.0 cm³/mol. The summed E-state index contributed by atoms with van der Waals surface area (Å²) in [4.78, 5) is 44.3. The van der Waals surface area contributed by atoms with Gasteiger partial charge in [0.1, 0.15) is 5.54 Å². The molecule has 1 aliphatic carbocycles. The number of carbonyl (C=O) groups excluding carboxylic acids is 2. The molecule has 1 aromatic rings. The fourth-order valence-electron chi connectivity index (χ4n) is 5.02. The average molecular weight is 377 g/mol. The number of aryl methyl sites for hydroxylation is 1. The zero-order valence-corrected chi connectivity index (χ0v) is 15.7. The number of hydrogen-bond acceptors (Lipinski definition) is 5. The maximum atomic E-state index is 13.5. The van der Waals surface area contributed by atoms with E-state index in [4.69, 9.17) is 0 Å². The van der Waals surface area contributed by atoms with Crippen LogP contribution in [0.25, 0.3) is 0 Å². The summed E-state index contributed by atoms with van der Waals surface area (Å²) >= 11 is 0. The molecule has 9 nitrogen and oxygen atoms in total. The molecule has 4 rings (SSSR count). The second-order valence-electron chi connectivity index (χ2n) is 8.06. The molecule has 3 aliphatic rings. The Labute approximate surface area is 157 Å². The SMILES string of the molecule is Cn1nc(C(=O)N2CCCC23CCCN(C2CCC(O)CC2)C3=O)[nH]c1=O. The first-order chi connectivity index (χ1) is 12.9. The number of aromatic amines is 1. The van der Waals surface area contributed by atoms with Crippen molar-refractivity contribution >= 4 is 11.8 Å². The number of nitrogens with zero attached hydrogens (tertiary/aromatic N) is 4. The highest BCUT2D eigenvalue weighted by atomic mass is 16.3. The summed E-state index contributed by atoms with van der Waals surface area (Å²) in [6.45, 7) is 1.21. The second kappa shape index (κ2) is 6.78. The number of H-pyrrole nitrogens is 1. The lowest BCUT2D eigenvalue weighted by molar-refractivity contribution is -0.149. The first kappa shape index (κ1) is 18.2. The summed E-state index contributed by atoms with van der Waals surface area (Å²) < 4.78 is 1.10. The number of nitrogens with one attached hydrogen (secondary N) is 1. The molecule has 1 saturated carbocycles. The molecule has 0 aromatic carbocycles. The number of carbonyl (C=O) groups is 2. The quantitative estimate of drug-likeness (QED) is 0.754. The van der Waals surface area contributed by atoms with Crippen LogP contribution < -0.4 is 5.69 Å². The van der Waals surface area contributed by atoms with E-state index < -0.39 is 11.2 Å². The van der Waals surface area contributed by atoms with Crippen LogP contribution in [0.3, 0.4) is 0 Å². The summed E-state index contributed by atoms with van der Waals surface area (Å²) in [6.07, 6.45) is 5.73. The van der Waals surface area contributed by atoms with Gasteiger partial charge in [-0.2, -0.15) is 0 Å². The third kappa shape index (κ3) is 2.97. The van der Waals surface area contributed by atoms with Crippen LogP contribution in [0.4, 0.5) is 0 Å². The first-order valence-electron chi connectivity index (χ1n) is 9.87. The van der Waals surface area contributed by atoms with E-state index in [1.54, 1.807) is 4.90 Å². The molecule has 3 fully saturated rings. The number of amides is 2. The van der Waals surface area contributed by atoms with Crippen LogP contribution in [0.2, 0.25) is 0 Å². The van der Waals surface area contributed by atoms with Crippen molar-refractivity contribution in [1.82, 2.24) is 24.6 Å². The largest absolute Gasteiger partial charge is 0.393 e. The predicted octanol–water partition coefficient (Wildman–Crippen LogP) is 0.00910. The van der Waals surface area contributed by atoms with Crippen molar-refractivity contribution < 1.29 is 14.7 Å². The van der Waals surface area contributed by atoms with Gasteiger partial charge in [0.05, 0.1) is 6.10 Å². The third-order valence-corrected chi connectivity index (χ3v) is 6.46. The molecular formula is C18H27N5O4. The van der Waals surface area contributed by atoms with Gasteiger partial charge in [0.2, 0.25) is 11.7 Å². The van der Waals surface area contributed by atoms with Crippen LogP contribution >= 0.6 is 0 Å². The molecule has 1 unspecified atom stereocenters. The van der Waals surface area contributed by atoms with Gasteiger partial charge < -0.3 is 14.9 Å². The van der Waals surface area contributed by atoms with Crippen LogP contribution in [0.5, 0.6) is 0 Å². The van der Waals surface area contributed by atoms with Gasteiger partial charge in [-0.1, -0.05) is 0 Å². The molecule has 148 valence electrons. The fourth-order valence-corrected chi connectivity index (χ4v) is 5.02. The highest BCUT2D eigenvalue weighted by Gasteiger charge is 2.54. The van der Waals surface area contributed by atoms with Gasteiger partial charge in [-0.05, 0) is 51.4 Å². The normalized spacial score (nSPS) is 31.7. The van der Waals surface area contributed by atoms with Crippen LogP contribution in [0, 0.1) is 0 Å². The maximum Gasteiger partial charge on any atom is 0.343 e. The van der Waals surface area contributed by atoms with Crippen molar-refractivity contribution in [2.24, 2.45) is 7.05 Å². The number of rotatable bonds is 2. The molecule has 2 amide bonds. The lowest BCUT2D eigenvalue weighted by Crippen LogP contribution is -2.63. The highest BCUT2D eigenvalue weighted by molar-refractivity contribution is 5.98. The standard InChI is InChI=1S/C18H27N5O4/c1-21-17(27)19-14(20-21)15(25)23-11-3-9-18(23)8-2-10-22(16(18)26)12-4-6-13(24)7-5-12/h12-13,24H,2-11H2,1H3,(H,19,20,27). The summed E-state index contributed by atoms with van der Waals surface area (Å²) in [5.74, 6) is -0.353. The van der Waals surface area contributed by atoms with Crippen LogP contribution in [0.1, 0.15) is 62.0 Å². The molecule has 27 heavy (non-hydrogen) atoms. The molecule has 9 heteroatoms. The Balaban J connectivity index is 1.59. The van der Waals surface area contributed by atoms with Gasteiger partial charge >= 0.3 is 5.69 Å². The highest BCUT2D eigenvalue weighted by Crippen LogP contribution is 2.40. The van der Waals surface area contributed by atoms with E-state index in [0.717, 1.165) is 43.2 Å². The third-order valence-electron chi connectivity index (χ3n) is 6.46. The van der Waals surface area contributed by atoms with E-state index in [9.17, 15) is 19.5 Å². The minimum Gasteiger partial charge on any atom is -0.393 e. The molecule has 0 radical (unpaired) electrons. The number of hydrogen-bond donors (Lipinski definition) is 2. The molecule has 1 atom stereocenters. The Morgan fingerprint density at radius 1 is 1.15 bits per heavy atom. The molecule has 2 saturated heterocycles. The van der Waals surface area contributed by atoms with Gasteiger partial charge in [-0.3, -0.25) is 14.6 Å². The minimum absolute atomic E-state index is 0.00510. The minimum atomic E-state index is -0.820. The lowest BCUT2D eigenvalue weighted by atomic mass is 9.82. The summed E-state index contributed by atoms with van der Waals surface area (Å²) in [5, 5.41) is 13.7. The molecule has 1 aromatic heterocycles. The van der Waals surface area contributed by atoms with Gasteiger partial charge in [0.25, 0.3) is 5.91 Å². The van der Waals surface area contributed by atoms with Crippen molar-refractivity contribution in [3.8, 4) is 0 Å². The fraction of sp³-hybridized carbons (Fsp3) is 0.778. The summed E-state index contributed by atoms with van der Waals surface area (Å²) in [5.41, 5.74) is -1.26. The monoisotopic (exact) mass is 377 g/mol. The topological polar surface area (TPSA) is 112 Å². The van der Waals surface area contributed by atoms with E-state index in [-0.39, 0.29) is 29.8 Å². The van der Waals surface area contributed by atoms with Gasteiger partial charge in [-0.25, -0.2) is 9.48 Å².